The number of hydrogen-bond donors (Lipinski definition) is 0. The van der Waals surface area contributed by atoms with E-state index in [4.69, 9.17) is 9.15 Å². The molecule has 1 aromatic rings. The molecule has 0 N–H and O–H groups in total. The van der Waals surface area contributed by atoms with Gasteiger partial charge in [0.2, 0.25) is 5.91 Å². The lowest BCUT2D eigenvalue weighted by atomic mass is 10.3. The average molecular weight is 295 g/mol. The van der Waals surface area contributed by atoms with Crippen LogP contribution in [0.2, 0.25) is 0 Å². The molecule has 0 atom stereocenters. The predicted octanol–water partition coefficient (Wildman–Crippen LogP) is 1.72. The number of ether oxygens (including phenoxy) is 2. The van der Waals surface area contributed by atoms with Gasteiger partial charge in [-0.15, -0.1) is 0 Å². The molecule has 116 valence electrons. The van der Waals surface area contributed by atoms with Gasteiger partial charge in [0.1, 0.15) is 5.76 Å². The molecule has 6 nitrogen and oxygen atoms in total. The fraction of sp³-hybridized carbons (Fsp3) is 0.467. The third-order valence-corrected chi connectivity index (χ3v) is 2.84. The number of furan rings is 1. The Labute approximate surface area is 124 Å². The van der Waals surface area contributed by atoms with Crippen molar-refractivity contribution in [1.82, 2.24) is 4.90 Å². The fourth-order valence-corrected chi connectivity index (χ4v) is 1.71. The van der Waals surface area contributed by atoms with E-state index in [0.29, 0.717) is 31.9 Å². The quantitative estimate of drug-likeness (QED) is 0.394. The first-order valence-corrected chi connectivity index (χ1v) is 6.73. The Kier molecular flexibility index (Phi) is 7.89. The lowest BCUT2D eigenvalue weighted by Crippen LogP contribution is -2.33. The van der Waals surface area contributed by atoms with E-state index in [1.54, 1.807) is 30.2 Å². The molecule has 1 aromatic heterocycles. The summed E-state index contributed by atoms with van der Waals surface area (Å²) in [7, 11) is 2.94. The van der Waals surface area contributed by atoms with E-state index in [9.17, 15) is 9.59 Å². The number of nitrogens with zero attached hydrogens (tertiary/aromatic N) is 1. The van der Waals surface area contributed by atoms with Gasteiger partial charge < -0.3 is 18.8 Å². The van der Waals surface area contributed by atoms with Crippen LogP contribution in [-0.2, 0) is 19.1 Å². The molecule has 1 rings (SSSR count). The number of esters is 1. The zero-order valence-electron chi connectivity index (χ0n) is 12.4. The Balaban J connectivity index is 2.55. The van der Waals surface area contributed by atoms with Gasteiger partial charge in [0.05, 0.1) is 19.8 Å². The number of rotatable bonds is 9. The second-order valence-electron chi connectivity index (χ2n) is 4.35. The van der Waals surface area contributed by atoms with E-state index < -0.39 is 0 Å². The van der Waals surface area contributed by atoms with Crippen LogP contribution in [0.25, 0.3) is 6.08 Å². The molecule has 0 saturated carbocycles. The summed E-state index contributed by atoms with van der Waals surface area (Å²) in [6.45, 7) is 1.40. The molecule has 0 bridgehead atoms. The van der Waals surface area contributed by atoms with Crippen LogP contribution in [0, 0.1) is 0 Å². The SMILES string of the molecule is COCCCN(CCC(=O)OC)C(=O)/C=C/c1ccco1. The van der Waals surface area contributed by atoms with Crippen LogP contribution in [0.4, 0.5) is 0 Å². The Hall–Kier alpha value is -2.08. The van der Waals surface area contributed by atoms with Crippen LogP contribution in [0.3, 0.4) is 0 Å². The van der Waals surface area contributed by atoms with E-state index in [1.807, 2.05) is 0 Å². The highest BCUT2D eigenvalue weighted by Crippen LogP contribution is 2.04. The third-order valence-electron chi connectivity index (χ3n) is 2.84. The zero-order valence-corrected chi connectivity index (χ0v) is 12.4. The third kappa shape index (κ3) is 6.76. The highest BCUT2D eigenvalue weighted by atomic mass is 16.5. The van der Waals surface area contributed by atoms with Crippen molar-refractivity contribution in [1.29, 1.82) is 0 Å². The van der Waals surface area contributed by atoms with Crippen molar-refractivity contribution in [2.24, 2.45) is 0 Å². The average Bonchev–Trinajstić information content (AvgIpc) is 3.01. The molecule has 0 unspecified atom stereocenters. The molecule has 1 amide bonds. The number of methoxy groups -OCH3 is 2. The summed E-state index contributed by atoms with van der Waals surface area (Å²) in [5.74, 6) is 0.0918. The van der Waals surface area contributed by atoms with Crippen LogP contribution in [0.1, 0.15) is 18.6 Å². The molecule has 0 saturated heterocycles. The Morgan fingerprint density at radius 3 is 2.76 bits per heavy atom. The summed E-state index contributed by atoms with van der Waals surface area (Å²) < 4.78 is 14.7. The molecule has 0 aliphatic heterocycles. The summed E-state index contributed by atoms with van der Waals surface area (Å²) in [5, 5.41) is 0. The Morgan fingerprint density at radius 2 is 2.14 bits per heavy atom. The lowest BCUT2D eigenvalue weighted by molar-refractivity contribution is -0.141. The number of carbonyl (C=O) groups excluding carboxylic acids is 2. The first-order chi connectivity index (χ1) is 10.2. The molecule has 0 aromatic carbocycles. The predicted molar refractivity (Wildman–Crippen MR) is 77.4 cm³/mol. The van der Waals surface area contributed by atoms with Crippen LogP contribution < -0.4 is 0 Å². The van der Waals surface area contributed by atoms with E-state index in [1.165, 1.54) is 19.4 Å². The summed E-state index contributed by atoms with van der Waals surface area (Å²) >= 11 is 0. The molecule has 0 fully saturated rings. The van der Waals surface area contributed by atoms with Gasteiger partial charge in [0.15, 0.2) is 0 Å². The van der Waals surface area contributed by atoms with Crippen molar-refractivity contribution < 1.29 is 23.5 Å². The van der Waals surface area contributed by atoms with E-state index in [-0.39, 0.29) is 18.3 Å². The largest absolute Gasteiger partial charge is 0.469 e. The molecule has 0 aliphatic carbocycles. The van der Waals surface area contributed by atoms with Gasteiger partial charge in [-0.1, -0.05) is 0 Å². The molecule has 0 spiro atoms. The van der Waals surface area contributed by atoms with Gasteiger partial charge in [-0.2, -0.15) is 0 Å². The number of carbonyl (C=O) groups is 2. The van der Waals surface area contributed by atoms with E-state index in [2.05, 4.69) is 4.74 Å². The number of hydrogen-bond acceptors (Lipinski definition) is 5. The lowest BCUT2D eigenvalue weighted by Gasteiger charge is -2.20. The maximum Gasteiger partial charge on any atom is 0.307 e. The van der Waals surface area contributed by atoms with Gasteiger partial charge in [0.25, 0.3) is 0 Å². The normalized spacial score (nSPS) is 10.8. The minimum atomic E-state index is -0.338. The minimum absolute atomic E-state index is 0.170. The second-order valence-corrected chi connectivity index (χ2v) is 4.35. The van der Waals surface area contributed by atoms with E-state index >= 15 is 0 Å². The Morgan fingerprint density at radius 1 is 1.33 bits per heavy atom. The van der Waals surface area contributed by atoms with Gasteiger partial charge in [-0.05, 0) is 24.6 Å². The number of amides is 1. The van der Waals surface area contributed by atoms with Gasteiger partial charge >= 0.3 is 5.97 Å². The van der Waals surface area contributed by atoms with E-state index in [0.717, 1.165) is 0 Å². The van der Waals surface area contributed by atoms with Crippen LogP contribution in [-0.4, -0.2) is 50.7 Å². The monoisotopic (exact) mass is 295 g/mol. The van der Waals surface area contributed by atoms with Gasteiger partial charge in [-0.3, -0.25) is 9.59 Å². The van der Waals surface area contributed by atoms with Crippen LogP contribution >= 0.6 is 0 Å². The molecule has 0 radical (unpaired) electrons. The summed E-state index contributed by atoms with van der Waals surface area (Å²) in [6.07, 6.45) is 5.45. The first kappa shape index (κ1) is 17.0. The highest BCUT2D eigenvalue weighted by Gasteiger charge is 2.12. The van der Waals surface area contributed by atoms with Crippen molar-refractivity contribution >= 4 is 18.0 Å². The fourth-order valence-electron chi connectivity index (χ4n) is 1.71. The van der Waals surface area contributed by atoms with Crippen LogP contribution in [0.5, 0.6) is 0 Å². The topological polar surface area (TPSA) is 69.0 Å². The summed E-state index contributed by atoms with van der Waals surface area (Å²) in [4.78, 5) is 24.9. The summed E-state index contributed by atoms with van der Waals surface area (Å²) in [6, 6.07) is 3.51. The maximum atomic E-state index is 12.1. The molecular weight excluding hydrogens is 274 g/mol. The van der Waals surface area contributed by atoms with Crippen molar-refractivity contribution in [3.8, 4) is 0 Å². The summed E-state index contributed by atoms with van der Waals surface area (Å²) in [5.41, 5.74) is 0. The Bertz CT molecular complexity index is 453. The van der Waals surface area contributed by atoms with Gasteiger partial charge in [0, 0.05) is 32.9 Å². The van der Waals surface area contributed by atoms with Gasteiger partial charge in [-0.25, -0.2) is 0 Å². The first-order valence-electron chi connectivity index (χ1n) is 6.73. The van der Waals surface area contributed by atoms with Crippen molar-refractivity contribution in [2.45, 2.75) is 12.8 Å². The maximum absolute atomic E-state index is 12.1. The minimum Gasteiger partial charge on any atom is -0.469 e. The molecule has 6 heteroatoms. The second kappa shape index (κ2) is 9.77. The van der Waals surface area contributed by atoms with Crippen molar-refractivity contribution in [2.75, 3.05) is 33.9 Å². The molecule has 1 heterocycles. The molecule has 21 heavy (non-hydrogen) atoms. The molecular formula is C15H21NO5. The van der Waals surface area contributed by atoms with Crippen molar-refractivity contribution in [3.05, 3.63) is 30.2 Å². The van der Waals surface area contributed by atoms with Crippen LogP contribution in [0.15, 0.2) is 28.9 Å². The zero-order chi connectivity index (χ0) is 15.5. The molecule has 0 aliphatic rings. The smallest absolute Gasteiger partial charge is 0.307 e. The standard InChI is InChI=1S/C15H21NO5/c1-19-11-4-9-16(10-8-15(18)20-2)14(17)7-6-13-5-3-12-21-13/h3,5-7,12H,4,8-11H2,1-2H3/b7-6+. The highest BCUT2D eigenvalue weighted by molar-refractivity contribution is 5.91. The van der Waals surface area contributed by atoms with Crippen molar-refractivity contribution in [3.63, 3.8) is 0 Å².